The summed E-state index contributed by atoms with van der Waals surface area (Å²) in [5, 5.41) is 2.73. The zero-order valence-corrected chi connectivity index (χ0v) is 12.4. The molecule has 0 unspecified atom stereocenters. The van der Waals surface area contributed by atoms with Crippen LogP contribution < -0.4 is 5.32 Å². The minimum Gasteiger partial charge on any atom is -0.322 e. The summed E-state index contributed by atoms with van der Waals surface area (Å²) in [4.78, 5) is 24.3. The molecule has 0 saturated carbocycles. The van der Waals surface area contributed by atoms with Crippen molar-refractivity contribution in [2.24, 2.45) is 0 Å². The molecule has 0 atom stereocenters. The maximum Gasteiger partial charge on any atom is 0.255 e. The van der Waals surface area contributed by atoms with Gasteiger partial charge >= 0.3 is 0 Å². The van der Waals surface area contributed by atoms with E-state index in [1.165, 1.54) is 0 Å². The van der Waals surface area contributed by atoms with E-state index in [0.717, 1.165) is 0 Å². The fourth-order valence-corrected chi connectivity index (χ4v) is 1.97. The SMILES string of the molecule is C=C/C(=C\C)NC(=O)c1ccc(C(=O)c2ccccc2)cc1. The molecule has 1 N–H and O–H groups in total. The van der Waals surface area contributed by atoms with Crippen LogP contribution in [-0.2, 0) is 0 Å². The molecule has 22 heavy (non-hydrogen) atoms. The molecule has 0 bridgehead atoms. The quantitative estimate of drug-likeness (QED) is 0.674. The smallest absolute Gasteiger partial charge is 0.255 e. The average molecular weight is 291 g/mol. The maximum absolute atomic E-state index is 12.3. The van der Waals surface area contributed by atoms with Crippen molar-refractivity contribution in [1.29, 1.82) is 0 Å². The van der Waals surface area contributed by atoms with Gasteiger partial charge in [0.2, 0.25) is 0 Å². The predicted molar refractivity (Wildman–Crippen MR) is 87.7 cm³/mol. The van der Waals surface area contributed by atoms with Crippen molar-refractivity contribution in [2.45, 2.75) is 6.92 Å². The first-order valence-corrected chi connectivity index (χ1v) is 6.95. The molecule has 0 saturated heterocycles. The fraction of sp³-hybridized carbons (Fsp3) is 0.0526. The first-order chi connectivity index (χ1) is 10.7. The number of hydrogen-bond acceptors (Lipinski definition) is 2. The molecule has 0 radical (unpaired) electrons. The van der Waals surface area contributed by atoms with Crippen LogP contribution in [0.1, 0.15) is 33.2 Å². The van der Waals surface area contributed by atoms with Crippen LogP contribution >= 0.6 is 0 Å². The molecule has 2 rings (SSSR count). The summed E-state index contributed by atoms with van der Waals surface area (Å²) in [7, 11) is 0. The van der Waals surface area contributed by atoms with Gasteiger partial charge in [0, 0.05) is 22.4 Å². The third-order valence-electron chi connectivity index (χ3n) is 3.23. The standard InChI is InChI=1S/C19H17NO2/c1-3-17(4-2)20-19(22)16-12-10-15(11-13-16)18(21)14-8-6-5-7-9-14/h3-13H,1H2,2H3,(H,20,22)/b17-4+. The average Bonchev–Trinajstić information content (AvgIpc) is 2.59. The van der Waals surface area contributed by atoms with Gasteiger partial charge in [-0.3, -0.25) is 9.59 Å². The van der Waals surface area contributed by atoms with Gasteiger partial charge in [0.15, 0.2) is 5.78 Å². The summed E-state index contributed by atoms with van der Waals surface area (Å²) in [5.74, 6) is -0.292. The number of ketones is 1. The highest BCUT2D eigenvalue weighted by atomic mass is 16.1. The summed E-state index contributed by atoms with van der Waals surface area (Å²) in [6.45, 7) is 5.44. The van der Waals surface area contributed by atoms with Gasteiger partial charge in [-0.2, -0.15) is 0 Å². The number of hydrogen-bond donors (Lipinski definition) is 1. The van der Waals surface area contributed by atoms with Gasteiger partial charge in [-0.1, -0.05) is 55.1 Å². The minimum atomic E-state index is -0.230. The number of nitrogens with one attached hydrogen (secondary N) is 1. The second kappa shape index (κ2) is 7.18. The molecule has 0 aromatic heterocycles. The Hall–Kier alpha value is -2.94. The zero-order valence-electron chi connectivity index (χ0n) is 12.4. The van der Waals surface area contributed by atoms with E-state index in [1.807, 2.05) is 25.1 Å². The van der Waals surface area contributed by atoms with E-state index >= 15 is 0 Å². The van der Waals surface area contributed by atoms with Gasteiger partial charge in [0.1, 0.15) is 0 Å². The van der Waals surface area contributed by atoms with Crippen molar-refractivity contribution in [3.8, 4) is 0 Å². The summed E-state index contributed by atoms with van der Waals surface area (Å²) in [5.41, 5.74) is 2.32. The van der Waals surface area contributed by atoms with Crippen LogP contribution in [0.5, 0.6) is 0 Å². The highest BCUT2D eigenvalue weighted by Crippen LogP contribution is 2.11. The van der Waals surface area contributed by atoms with Gasteiger partial charge in [-0.05, 0) is 25.1 Å². The van der Waals surface area contributed by atoms with Crippen LogP contribution in [0, 0.1) is 0 Å². The van der Waals surface area contributed by atoms with Crippen molar-refractivity contribution in [3.63, 3.8) is 0 Å². The second-order valence-electron chi connectivity index (χ2n) is 4.67. The summed E-state index contributed by atoms with van der Waals surface area (Å²) in [6.07, 6.45) is 3.34. The van der Waals surface area contributed by atoms with E-state index in [0.29, 0.717) is 22.4 Å². The van der Waals surface area contributed by atoms with E-state index in [1.54, 1.807) is 48.6 Å². The van der Waals surface area contributed by atoms with E-state index in [2.05, 4.69) is 11.9 Å². The highest BCUT2D eigenvalue weighted by molar-refractivity contribution is 6.09. The molecule has 0 aliphatic heterocycles. The first kappa shape index (κ1) is 15.4. The van der Waals surface area contributed by atoms with Gasteiger partial charge in [-0.25, -0.2) is 0 Å². The minimum absolute atomic E-state index is 0.0622. The lowest BCUT2D eigenvalue weighted by Crippen LogP contribution is -2.21. The molecule has 2 aromatic rings. The van der Waals surface area contributed by atoms with Crippen LogP contribution in [0.2, 0.25) is 0 Å². The molecule has 0 fully saturated rings. The molecular formula is C19H17NO2. The van der Waals surface area contributed by atoms with Crippen LogP contribution in [0.4, 0.5) is 0 Å². The van der Waals surface area contributed by atoms with E-state index in [4.69, 9.17) is 0 Å². The third-order valence-corrected chi connectivity index (χ3v) is 3.23. The molecule has 2 aromatic carbocycles. The number of benzene rings is 2. The fourth-order valence-electron chi connectivity index (χ4n) is 1.97. The largest absolute Gasteiger partial charge is 0.322 e. The number of amides is 1. The van der Waals surface area contributed by atoms with Crippen molar-refractivity contribution in [3.05, 3.63) is 95.7 Å². The zero-order chi connectivity index (χ0) is 15.9. The lowest BCUT2D eigenvalue weighted by molar-refractivity contribution is 0.0965. The monoisotopic (exact) mass is 291 g/mol. The van der Waals surface area contributed by atoms with Gasteiger partial charge in [0.05, 0.1) is 0 Å². The summed E-state index contributed by atoms with van der Waals surface area (Å²) in [6, 6.07) is 15.6. The molecule has 110 valence electrons. The van der Waals surface area contributed by atoms with Crippen molar-refractivity contribution < 1.29 is 9.59 Å². The Morgan fingerprint density at radius 1 is 0.909 bits per heavy atom. The van der Waals surface area contributed by atoms with Crippen LogP contribution in [0.3, 0.4) is 0 Å². The number of carbonyl (C=O) groups is 2. The number of rotatable bonds is 5. The molecular weight excluding hydrogens is 274 g/mol. The molecule has 0 spiro atoms. The van der Waals surface area contributed by atoms with Crippen molar-refractivity contribution in [1.82, 2.24) is 5.32 Å². The van der Waals surface area contributed by atoms with Gasteiger partial charge in [0.25, 0.3) is 5.91 Å². The van der Waals surface area contributed by atoms with E-state index < -0.39 is 0 Å². The molecule has 0 aliphatic rings. The van der Waals surface area contributed by atoms with Crippen LogP contribution in [0.15, 0.2) is 79.0 Å². The molecule has 3 heteroatoms. The Labute approximate surface area is 130 Å². The first-order valence-electron chi connectivity index (χ1n) is 6.95. The predicted octanol–water partition coefficient (Wildman–Crippen LogP) is 3.74. The Bertz CT molecular complexity index is 713. The van der Waals surface area contributed by atoms with Gasteiger partial charge in [-0.15, -0.1) is 0 Å². The lowest BCUT2D eigenvalue weighted by atomic mass is 10.0. The van der Waals surface area contributed by atoms with Crippen molar-refractivity contribution in [2.75, 3.05) is 0 Å². The lowest BCUT2D eigenvalue weighted by Gasteiger charge is -2.06. The normalized spacial score (nSPS) is 10.9. The topological polar surface area (TPSA) is 46.2 Å². The van der Waals surface area contributed by atoms with Crippen LogP contribution in [-0.4, -0.2) is 11.7 Å². The molecule has 3 nitrogen and oxygen atoms in total. The van der Waals surface area contributed by atoms with Crippen molar-refractivity contribution >= 4 is 11.7 Å². The number of allylic oxidation sites excluding steroid dienone is 2. The number of carbonyl (C=O) groups excluding carboxylic acids is 2. The second-order valence-corrected chi connectivity index (χ2v) is 4.67. The maximum atomic E-state index is 12.3. The molecule has 0 aliphatic carbocycles. The Morgan fingerprint density at radius 2 is 1.45 bits per heavy atom. The molecule has 0 heterocycles. The Balaban J connectivity index is 2.15. The molecule has 1 amide bonds. The summed E-state index contributed by atoms with van der Waals surface area (Å²) < 4.78 is 0. The Kier molecular flexibility index (Phi) is 5.04. The Morgan fingerprint density at radius 3 is 2.00 bits per heavy atom. The van der Waals surface area contributed by atoms with E-state index in [9.17, 15) is 9.59 Å². The third kappa shape index (κ3) is 3.58. The van der Waals surface area contributed by atoms with Gasteiger partial charge < -0.3 is 5.32 Å². The van der Waals surface area contributed by atoms with Crippen LogP contribution in [0.25, 0.3) is 0 Å². The van der Waals surface area contributed by atoms with E-state index in [-0.39, 0.29) is 11.7 Å². The highest BCUT2D eigenvalue weighted by Gasteiger charge is 2.10. The summed E-state index contributed by atoms with van der Waals surface area (Å²) >= 11 is 0.